The van der Waals surface area contributed by atoms with Crippen molar-refractivity contribution in [3.8, 4) is 0 Å². The molecular weight excluding hydrogens is 272 g/mol. The Kier molecular flexibility index (Phi) is 3.47. The van der Waals surface area contributed by atoms with Crippen molar-refractivity contribution in [2.75, 3.05) is 6.54 Å². The number of aromatic nitrogens is 3. The van der Waals surface area contributed by atoms with Crippen LogP contribution in [0.4, 0.5) is 0 Å². The highest BCUT2D eigenvalue weighted by atomic mass is 32.1. The Bertz CT molecular complexity index is 732. The topological polar surface area (TPSA) is 59.3 Å². The number of amides is 1. The Morgan fingerprint density at radius 2 is 2.35 bits per heavy atom. The number of hydrogen-bond donors (Lipinski definition) is 1. The molecule has 102 valence electrons. The first-order valence-corrected chi connectivity index (χ1v) is 7.24. The molecule has 0 atom stereocenters. The zero-order chi connectivity index (χ0) is 13.9. The van der Waals surface area contributed by atoms with Gasteiger partial charge in [-0.3, -0.25) is 14.2 Å². The van der Waals surface area contributed by atoms with Crippen LogP contribution < -0.4 is 5.32 Å². The lowest BCUT2D eigenvalue weighted by molar-refractivity contribution is 0.0947. The molecule has 0 unspecified atom stereocenters. The fraction of sp³-hybridized carbons (Fsp3) is 0.214. The standard InChI is InChI=1S/C14H14N4OS/c1-10-12(18-8-9-20-14(18)17-10)13(19)16-7-5-11-4-2-3-6-15-11/h2-4,6,8-9H,5,7H2,1H3,(H,16,19). The quantitative estimate of drug-likeness (QED) is 0.798. The minimum atomic E-state index is -0.0932. The molecule has 0 aliphatic carbocycles. The highest BCUT2D eigenvalue weighted by molar-refractivity contribution is 7.15. The second-order valence-corrected chi connectivity index (χ2v) is 5.30. The highest BCUT2D eigenvalue weighted by Crippen LogP contribution is 2.16. The summed E-state index contributed by atoms with van der Waals surface area (Å²) in [6.45, 7) is 2.42. The van der Waals surface area contributed by atoms with Crippen molar-refractivity contribution in [1.82, 2.24) is 19.7 Å². The number of imidazole rings is 1. The van der Waals surface area contributed by atoms with Gasteiger partial charge in [0, 0.05) is 36.4 Å². The van der Waals surface area contributed by atoms with Crippen LogP contribution in [0.15, 0.2) is 36.0 Å². The molecule has 0 saturated heterocycles. The number of fused-ring (bicyclic) bond motifs is 1. The van der Waals surface area contributed by atoms with Crippen LogP contribution in [0.1, 0.15) is 21.9 Å². The molecule has 1 N–H and O–H groups in total. The molecular formula is C14H14N4OS. The molecule has 1 amide bonds. The molecule has 6 heteroatoms. The van der Waals surface area contributed by atoms with Crippen molar-refractivity contribution in [3.05, 3.63) is 53.1 Å². The van der Waals surface area contributed by atoms with E-state index in [2.05, 4.69) is 15.3 Å². The number of carbonyl (C=O) groups is 1. The highest BCUT2D eigenvalue weighted by Gasteiger charge is 2.16. The van der Waals surface area contributed by atoms with Gasteiger partial charge in [0.1, 0.15) is 5.69 Å². The molecule has 3 aromatic rings. The van der Waals surface area contributed by atoms with Crippen molar-refractivity contribution in [3.63, 3.8) is 0 Å². The SMILES string of the molecule is Cc1nc2sccn2c1C(=O)NCCc1ccccn1. The van der Waals surface area contributed by atoms with E-state index in [9.17, 15) is 4.79 Å². The van der Waals surface area contributed by atoms with E-state index >= 15 is 0 Å². The molecule has 5 nitrogen and oxygen atoms in total. The Morgan fingerprint density at radius 1 is 1.45 bits per heavy atom. The second-order valence-electron chi connectivity index (χ2n) is 4.43. The molecule has 3 aromatic heterocycles. The van der Waals surface area contributed by atoms with E-state index in [1.54, 1.807) is 6.20 Å². The fourth-order valence-corrected chi connectivity index (χ4v) is 2.86. The molecule has 20 heavy (non-hydrogen) atoms. The number of pyridine rings is 1. The van der Waals surface area contributed by atoms with Gasteiger partial charge in [-0.05, 0) is 19.1 Å². The van der Waals surface area contributed by atoms with Crippen LogP contribution in [0.2, 0.25) is 0 Å². The Hall–Kier alpha value is -2.21. The van der Waals surface area contributed by atoms with Gasteiger partial charge in [0.15, 0.2) is 4.96 Å². The number of hydrogen-bond acceptors (Lipinski definition) is 4. The molecule has 3 heterocycles. The Labute approximate surface area is 120 Å². The van der Waals surface area contributed by atoms with Gasteiger partial charge in [0.05, 0.1) is 5.69 Å². The second kappa shape index (κ2) is 5.42. The van der Waals surface area contributed by atoms with Crippen LogP contribution in [0.3, 0.4) is 0 Å². The van der Waals surface area contributed by atoms with Gasteiger partial charge in [-0.2, -0.15) is 0 Å². The lowest BCUT2D eigenvalue weighted by Crippen LogP contribution is -2.27. The largest absolute Gasteiger partial charge is 0.350 e. The van der Waals surface area contributed by atoms with Gasteiger partial charge in [-0.1, -0.05) is 6.07 Å². The first kappa shape index (κ1) is 12.8. The summed E-state index contributed by atoms with van der Waals surface area (Å²) in [6, 6.07) is 5.78. The van der Waals surface area contributed by atoms with Crippen LogP contribution in [0.5, 0.6) is 0 Å². The maximum absolute atomic E-state index is 12.2. The monoisotopic (exact) mass is 286 g/mol. The summed E-state index contributed by atoms with van der Waals surface area (Å²) in [4.78, 5) is 21.7. The molecule has 0 bridgehead atoms. The molecule has 0 radical (unpaired) electrons. The number of thiazole rings is 1. The number of aryl methyl sites for hydroxylation is 1. The van der Waals surface area contributed by atoms with E-state index in [0.29, 0.717) is 12.2 Å². The summed E-state index contributed by atoms with van der Waals surface area (Å²) < 4.78 is 1.83. The summed E-state index contributed by atoms with van der Waals surface area (Å²) in [7, 11) is 0. The minimum absolute atomic E-state index is 0.0932. The number of nitrogens with one attached hydrogen (secondary N) is 1. The van der Waals surface area contributed by atoms with Crippen LogP contribution in [0.25, 0.3) is 4.96 Å². The molecule has 0 spiro atoms. The summed E-state index contributed by atoms with van der Waals surface area (Å²) in [5.41, 5.74) is 2.34. The van der Waals surface area contributed by atoms with Gasteiger partial charge >= 0.3 is 0 Å². The van der Waals surface area contributed by atoms with E-state index < -0.39 is 0 Å². The van der Waals surface area contributed by atoms with Crippen LogP contribution in [-0.2, 0) is 6.42 Å². The number of nitrogens with zero attached hydrogens (tertiary/aromatic N) is 3. The Balaban J connectivity index is 1.67. The van der Waals surface area contributed by atoms with E-state index in [4.69, 9.17) is 0 Å². The maximum atomic E-state index is 12.2. The first-order valence-electron chi connectivity index (χ1n) is 6.36. The smallest absolute Gasteiger partial charge is 0.270 e. The van der Waals surface area contributed by atoms with Crippen molar-refractivity contribution >= 4 is 22.2 Å². The molecule has 0 aromatic carbocycles. The first-order chi connectivity index (χ1) is 9.75. The normalized spacial score (nSPS) is 10.8. The van der Waals surface area contributed by atoms with Crippen molar-refractivity contribution in [2.24, 2.45) is 0 Å². The third-order valence-electron chi connectivity index (χ3n) is 3.04. The summed E-state index contributed by atoms with van der Waals surface area (Å²) in [5.74, 6) is -0.0932. The summed E-state index contributed by atoms with van der Waals surface area (Å²) in [5, 5.41) is 4.84. The molecule has 3 rings (SSSR count). The Morgan fingerprint density at radius 3 is 3.15 bits per heavy atom. The van der Waals surface area contributed by atoms with Gasteiger partial charge in [0.25, 0.3) is 5.91 Å². The van der Waals surface area contributed by atoms with E-state index in [0.717, 1.165) is 22.8 Å². The van der Waals surface area contributed by atoms with Gasteiger partial charge < -0.3 is 5.32 Å². The van der Waals surface area contributed by atoms with Gasteiger partial charge in [-0.15, -0.1) is 11.3 Å². The zero-order valence-corrected chi connectivity index (χ0v) is 11.9. The zero-order valence-electron chi connectivity index (χ0n) is 11.0. The van der Waals surface area contributed by atoms with Crippen LogP contribution in [0, 0.1) is 6.92 Å². The summed E-state index contributed by atoms with van der Waals surface area (Å²) >= 11 is 1.52. The lowest BCUT2D eigenvalue weighted by Gasteiger charge is -2.05. The molecule has 0 aliphatic rings. The molecule has 0 aliphatic heterocycles. The van der Waals surface area contributed by atoms with E-state index in [-0.39, 0.29) is 5.91 Å². The average Bonchev–Trinajstić information content (AvgIpc) is 2.99. The maximum Gasteiger partial charge on any atom is 0.270 e. The fourth-order valence-electron chi connectivity index (χ4n) is 2.10. The minimum Gasteiger partial charge on any atom is -0.350 e. The van der Waals surface area contributed by atoms with Gasteiger partial charge in [-0.25, -0.2) is 4.98 Å². The van der Waals surface area contributed by atoms with E-state index in [1.807, 2.05) is 41.1 Å². The average molecular weight is 286 g/mol. The third kappa shape index (κ3) is 2.42. The van der Waals surface area contributed by atoms with Crippen LogP contribution in [-0.4, -0.2) is 26.8 Å². The lowest BCUT2D eigenvalue weighted by atomic mass is 10.2. The van der Waals surface area contributed by atoms with Crippen molar-refractivity contribution < 1.29 is 4.79 Å². The van der Waals surface area contributed by atoms with Gasteiger partial charge in [0.2, 0.25) is 0 Å². The molecule has 0 saturated carbocycles. The number of carbonyl (C=O) groups excluding carboxylic acids is 1. The number of rotatable bonds is 4. The van der Waals surface area contributed by atoms with Crippen molar-refractivity contribution in [2.45, 2.75) is 13.3 Å². The predicted octanol–water partition coefficient (Wildman–Crippen LogP) is 2.07. The summed E-state index contributed by atoms with van der Waals surface area (Å²) in [6.07, 6.45) is 4.35. The van der Waals surface area contributed by atoms with Crippen LogP contribution >= 0.6 is 11.3 Å². The van der Waals surface area contributed by atoms with Crippen molar-refractivity contribution in [1.29, 1.82) is 0 Å². The third-order valence-corrected chi connectivity index (χ3v) is 3.80. The predicted molar refractivity (Wildman–Crippen MR) is 78.1 cm³/mol. The molecule has 0 fully saturated rings. The van der Waals surface area contributed by atoms with E-state index in [1.165, 1.54) is 11.3 Å².